The van der Waals surface area contributed by atoms with Crippen molar-refractivity contribution in [3.63, 3.8) is 0 Å². The number of hydrogen-bond donors (Lipinski definition) is 0. The third kappa shape index (κ3) is 9.38. The Morgan fingerprint density at radius 2 is 1.70 bits per heavy atom. The molecule has 0 bridgehead atoms. The number of rotatable bonds is 9. The normalized spacial score (nSPS) is 14.8. The summed E-state index contributed by atoms with van der Waals surface area (Å²) >= 11 is 0. The zero-order valence-corrected chi connectivity index (χ0v) is 18.1. The smallest absolute Gasteiger partial charge is 0.192 e. The molecule has 1 nitrogen and oxygen atoms in total. The van der Waals surface area contributed by atoms with Crippen LogP contribution in [0, 0.1) is 17.3 Å². The van der Waals surface area contributed by atoms with Gasteiger partial charge in [0.1, 0.15) is 0 Å². The topological polar surface area (TPSA) is 9.23 Å². The molecule has 0 fully saturated rings. The standard InChI is InChI=1S/C21H40OSi/c1-10-11-12-13-14-15-16-21(7,17-19(2)3)18-22-23(8,9)20(4,5)6/h2,10-14,17-18H2,1,3-9H3. The van der Waals surface area contributed by atoms with Gasteiger partial charge in [0.05, 0.1) is 12.0 Å². The summed E-state index contributed by atoms with van der Waals surface area (Å²) in [6.07, 6.45) is 7.03. The van der Waals surface area contributed by atoms with Gasteiger partial charge in [-0.15, -0.1) is 12.5 Å². The fraction of sp³-hybridized carbons (Fsp3) is 0.810. The first-order valence-corrected chi connectivity index (χ1v) is 12.1. The van der Waals surface area contributed by atoms with Crippen LogP contribution in [0.5, 0.6) is 0 Å². The van der Waals surface area contributed by atoms with Crippen molar-refractivity contribution in [1.82, 2.24) is 0 Å². The fourth-order valence-electron chi connectivity index (χ4n) is 2.27. The Morgan fingerprint density at radius 1 is 1.09 bits per heavy atom. The summed E-state index contributed by atoms with van der Waals surface area (Å²) in [6, 6.07) is 0. The lowest BCUT2D eigenvalue weighted by molar-refractivity contribution is 0.195. The van der Waals surface area contributed by atoms with Crippen molar-refractivity contribution < 1.29 is 4.43 Å². The Balaban J connectivity index is 4.79. The highest BCUT2D eigenvalue weighted by molar-refractivity contribution is 6.74. The Morgan fingerprint density at radius 3 is 2.17 bits per heavy atom. The molecule has 0 aliphatic heterocycles. The molecule has 0 N–H and O–H groups in total. The monoisotopic (exact) mass is 336 g/mol. The van der Waals surface area contributed by atoms with E-state index >= 15 is 0 Å². The van der Waals surface area contributed by atoms with Crippen LogP contribution in [-0.4, -0.2) is 14.9 Å². The van der Waals surface area contributed by atoms with Crippen LogP contribution in [0.2, 0.25) is 18.1 Å². The van der Waals surface area contributed by atoms with Gasteiger partial charge in [-0.2, -0.15) is 0 Å². The SMILES string of the molecule is C=C(C)CC(C)(C#CCCCCCC)CO[Si](C)(C)C(C)(C)C. The molecule has 23 heavy (non-hydrogen) atoms. The minimum Gasteiger partial charge on any atom is -0.415 e. The average molecular weight is 337 g/mol. The minimum atomic E-state index is -1.73. The summed E-state index contributed by atoms with van der Waals surface area (Å²) in [7, 11) is -1.73. The fourth-order valence-corrected chi connectivity index (χ4v) is 3.38. The van der Waals surface area contributed by atoms with Gasteiger partial charge in [0, 0.05) is 6.42 Å². The first-order valence-electron chi connectivity index (χ1n) is 9.22. The maximum atomic E-state index is 6.45. The van der Waals surface area contributed by atoms with E-state index in [4.69, 9.17) is 4.43 Å². The van der Waals surface area contributed by atoms with Crippen molar-refractivity contribution in [2.75, 3.05) is 6.61 Å². The molecule has 0 saturated carbocycles. The molecule has 0 radical (unpaired) electrons. The second kappa shape index (κ2) is 9.70. The number of unbranched alkanes of at least 4 members (excludes halogenated alkanes) is 4. The molecule has 0 aliphatic rings. The van der Waals surface area contributed by atoms with Gasteiger partial charge in [0.15, 0.2) is 8.32 Å². The molecule has 1 atom stereocenters. The van der Waals surface area contributed by atoms with E-state index in [-0.39, 0.29) is 10.5 Å². The Labute approximate surface area is 147 Å². The minimum absolute atomic E-state index is 0.105. The number of hydrogen-bond acceptors (Lipinski definition) is 1. The van der Waals surface area contributed by atoms with E-state index in [1.807, 2.05) is 0 Å². The molecule has 2 heteroatoms. The van der Waals surface area contributed by atoms with Crippen molar-refractivity contribution in [2.45, 2.75) is 98.2 Å². The van der Waals surface area contributed by atoms with Crippen LogP contribution in [0.25, 0.3) is 0 Å². The largest absolute Gasteiger partial charge is 0.415 e. The zero-order valence-electron chi connectivity index (χ0n) is 17.1. The van der Waals surface area contributed by atoms with Crippen LogP contribution in [0.3, 0.4) is 0 Å². The molecule has 0 aliphatic carbocycles. The quantitative estimate of drug-likeness (QED) is 0.191. The van der Waals surface area contributed by atoms with E-state index in [1.165, 1.54) is 31.3 Å². The molecule has 0 rings (SSSR count). The maximum absolute atomic E-state index is 6.45. The summed E-state index contributed by atoms with van der Waals surface area (Å²) in [6.45, 7) is 22.9. The first kappa shape index (κ1) is 22.5. The summed E-state index contributed by atoms with van der Waals surface area (Å²) in [5.41, 5.74) is 1.08. The van der Waals surface area contributed by atoms with Gasteiger partial charge < -0.3 is 4.43 Å². The van der Waals surface area contributed by atoms with Gasteiger partial charge in [0.2, 0.25) is 0 Å². The third-order valence-corrected chi connectivity index (χ3v) is 9.27. The highest BCUT2D eigenvalue weighted by Crippen LogP contribution is 2.38. The van der Waals surface area contributed by atoms with Gasteiger partial charge in [-0.05, 0) is 44.8 Å². The molecule has 0 saturated heterocycles. The van der Waals surface area contributed by atoms with Crippen LogP contribution >= 0.6 is 0 Å². The third-order valence-electron chi connectivity index (χ3n) is 4.80. The molecule has 0 aromatic rings. The molecule has 0 heterocycles. The molecular formula is C21H40OSi. The first-order chi connectivity index (χ1) is 10.4. The van der Waals surface area contributed by atoms with Crippen LogP contribution in [0.4, 0.5) is 0 Å². The second-order valence-electron chi connectivity index (χ2n) is 8.86. The number of allylic oxidation sites excluding steroid dienone is 1. The van der Waals surface area contributed by atoms with Crippen molar-refractivity contribution in [3.8, 4) is 11.8 Å². The van der Waals surface area contributed by atoms with E-state index in [9.17, 15) is 0 Å². The summed E-state index contributed by atoms with van der Waals surface area (Å²) in [4.78, 5) is 0. The summed E-state index contributed by atoms with van der Waals surface area (Å²) < 4.78 is 6.45. The summed E-state index contributed by atoms with van der Waals surface area (Å²) in [5, 5.41) is 0.241. The second-order valence-corrected chi connectivity index (χ2v) is 13.7. The Hall–Kier alpha value is -0.523. The van der Waals surface area contributed by atoms with Gasteiger partial charge in [0.25, 0.3) is 0 Å². The molecule has 0 aromatic carbocycles. The zero-order chi connectivity index (χ0) is 18.1. The van der Waals surface area contributed by atoms with E-state index in [2.05, 4.69) is 73.1 Å². The van der Waals surface area contributed by atoms with Crippen molar-refractivity contribution in [1.29, 1.82) is 0 Å². The van der Waals surface area contributed by atoms with Gasteiger partial charge in [-0.25, -0.2) is 0 Å². The van der Waals surface area contributed by atoms with Gasteiger partial charge in [-0.3, -0.25) is 0 Å². The predicted octanol–water partition coefficient (Wildman–Crippen LogP) is 6.95. The van der Waals surface area contributed by atoms with Crippen LogP contribution in [-0.2, 0) is 4.43 Å². The van der Waals surface area contributed by atoms with E-state index in [1.54, 1.807) is 0 Å². The lowest BCUT2D eigenvalue weighted by atomic mass is 9.85. The van der Waals surface area contributed by atoms with Crippen molar-refractivity contribution in [3.05, 3.63) is 12.2 Å². The van der Waals surface area contributed by atoms with Crippen LogP contribution in [0.15, 0.2) is 12.2 Å². The lowest BCUT2D eigenvalue weighted by Crippen LogP contribution is -2.43. The predicted molar refractivity (Wildman–Crippen MR) is 107 cm³/mol. The van der Waals surface area contributed by atoms with E-state index in [0.29, 0.717) is 0 Å². The highest BCUT2D eigenvalue weighted by Gasteiger charge is 2.38. The average Bonchev–Trinajstić information content (AvgIpc) is 2.39. The highest BCUT2D eigenvalue weighted by atomic mass is 28.4. The molecule has 0 spiro atoms. The van der Waals surface area contributed by atoms with Gasteiger partial charge in [-0.1, -0.05) is 58.5 Å². The lowest BCUT2D eigenvalue weighted by Gasteiger charge is -2.38. The molecule has 1 unspecified atom stereocenters. The molecule has 134 valence electrons. The Kier molecular flexibility index (Phi) is 9.47. The van der Waals surface area contributed by atoms with Crippen LogP contribution < -0.4 is 0 Å². The van der Waals surface area contributed by atoms with E-state index in [0.717, 1.165) is 19.4 Å². The summed E-state index contributed by atoms with van der Waals surface area (Å²) in [5.74, 6) is 6.92. The van der Waals surface area contributed by atoms with Crippen LogP contribution in [0.1, 0.15) is 80.1 Å². The maximum Gasteiger partial charge on any atom is 0.192 e. The van der Waals surface area contributed by atoms with Crippen molar-refractivity contribution >= 4 is 8.32 Å². The van der Waals surface area contributed by atoms with Crippen molar-refractivity contribution in [2.24, 2.45) is 5.41 Å². The molecular weight excluding hydrogens is 296 g/mol. The van der Waals surface area contributed by atoms with Gasteiger partial charge >= 0.3 is 0 Å². The van der Waals surface area contributed by atoms with E-state index < -0.39 is 8.32 Å². The Bertz CT molecular complexity index is 419. The molecule has 0 aromatic heterocycles. The molecule has 0 amide bonds.